The summed E-state index contributed by atoms with van der Waals surface area (Å²) in [4.78, 5) is 40.4. The quantitative estimate of drug-likeness (QED) is 0.747. The monoisotopic (exact) mass is 283 g/mol. The highest BCUT2D eigenvalue weighted by Crippen LogP contribution is 2.37. The minimum atomic E-state index is -0.504. The van der Waals surface area contributed by atoms with Crippen LogP contribution in [0.5, 0.6) is 0 Å². The molecule has 0 aromatic heterocycles. The van der Waals surface area contributed by atoms with Crippen LogP contribution in [0.2, 0.25) is 0 Å². The third-order valence-electron chi connectivity index (χ3n) is 3.33. The van der Waals surface area contributed by atoms with Crippen LogP contribution in [0.4, 0.5) is 0 Å². The van der Waals surface area contributed by atoms with Crippen molar-refractivity contribution in [2.24, 2.45) is 16.7 Å². The lowest BCUT2D eigenvalue weighted by Crippen LogP contribution is -2.39. The van der Waals surface area contributed by atoms with E-state index in [0.29, 0.717) is 11.5 Å². The highest BCUT2D eigenvalue weighted by atomic mass is 16.7. The van der Waals surface area contributed by atoms with Gasteiger partial charge in [0, 0.05) is 12.8 Å². The van der Waals surface area contributed by atoms with Crippen LogP contribution in [-0.2, 0) is 19.2 Å². The van der Waals surface area contributed by atoms with Gasteiger partial charge in [0.25, 0.3) is 11.8 Å². The molecule has 0 aliphatic carbocycles. The Morgan fingerprint density at radius 1 is 1.10 bits per heavy atom. The van der Waals surface area contributed by atoms with Crippen LogP contribution < -0.4 is 0 Å². The van der Waals surface area contributed by atoms with E-state index in [1.807, 2.05) is 41.5 Å². The Bertz CT molecular complexity index is 399. The van der Waals surface area contributed by atoms with E-state index in [4.69, 9.17) is 4.84 Å². The Kier molecular flexibility index (Phi) is 4.62. The summed E-state index contributed by atoms with van der Waals surface area (Å²) in [5.74, 6) is -1.75. The molecule has 1 heterocycles. The Labute approximate surface area is 120 Å². The molecule has 0 radical (unpaired) electrons. The Morgan fingerprint density at radius 3 is 1.90 bits per heavy atom. The first-order chi connectivity index (χ1) is 8.92. The van der Waals surface area contributed by atoms with Crippen molar-refractivity contribution in [1.82, 2.24) is 5.06 Å². The average Bonchev–Trinajstić information content (AvgIpc) is 2.55. The number of nitrogens with zero attached hydrogens (tertiary/aromatic N) is 1. The number of imide groups is 1. The van der Waals surface area contributed by atoms with Gasteiger partial charge in [-0.2, -0.15) is 0 Å². The maximum Gasteiger partial charge on any atom is 0.336 e. The third-order valence-corrected chi connectivity index (χ3v) is 3.33. The lowest BCUT2D eigenvalue weighted by atomic mass is 9.72. The summed E-state index contributed by atoms with van der Waals surface area (Å²) < 4.78 is 0. The zero-order valence-electron chi connectivity index (χ0n) is 13.3. The minimum Gasteiger partial charge on any atom is -0.330 e. The molecule has 1 atom stereocenters. The molecule has 1 fully saturated rings. The molecular weight excluding hydrogens is 258 g/mol. The molecule has 0 N–H and O–H groups in total. The highest BCUT2D eigenvalue weighted by Gasteiger charge is 2.40. The maximum atomic E-state index is 12.3. The van der Waals surface area contributed by atoms with Gasteiger partial charge in [-0.3, -0.25) is 9.59 Å². The lowest BCUT2D eigenvalue weighted by Gasteiger charge is -2.34. The maximum absolute atomic E-state index is 12.3. The Morgan fingerprint density at radius 2 is 1.55 bits per heavy atom. The van der Waals surface area contributed by atoms with Gasteiger partial charge in [-0.15, -0.1) is 5.06 Å². The number of hydrogen-bond acceptors (Lipinski definition) is 4. The van der Waals surface area contributed by atoms with Crippen molar-refractivity contribution in [2.45, 2.75) is 60.8 Å². The summed E-state index contributed by atoms with van der Waals surface area (Å²) in [6.07, 6.45) is 0.864. The molecule has 1 unspecified atom stereocenters. The molecule has 1 aliphatic heterocycles. The van der Waals surface area contributed by atoms with Gasteiger partial charge in [-0.1, -0.05) is 41.5 Å². The predicted octanol–water partition coefficient (Wildman–Crippen LogP) is 2.69. The van der Waals surface area contributed by atoms with Gasteiger partial charge in [0.2, 0.25) is 0 Å². The van der Waals surface area contributed by atoms with Crippen LogP contribution in [0.15, 0.2) is 0 Å². The van der Waals surface area contributed by atoms with E-state index in [-0.39, 0.29) is 29.6 Å². The summed E-state index contributed by atoms with van der Waals surface area (Å²) in [7, 11) is 0. The number of hydroxylamine groups is 2. The minimum absolute atomic E-state index is 0.0456. The molecule has 5 heteroatoms. The molecule has 0 spiro atoms. The van der Waals surface area contributed by atoms with Crippen molar-refractivity contribution >= 4 is 17.8 Å². The summed E-state index contributed by atoms with van der Waals surface area (Å²) >= 11 is 0. The van der Waals surface area contributed by atoms with Crippen LogP contribution in [0.1, 0.15) is 60.8 Å². The van der Waals surface area contributed by atoms with Crippen LogP contribution in [0, 0.1) is 16.7 Å². The van der Waals surface area contributed by atoms with Crippen LogP contribution >= 0.6 is 0 Å². The molecular formula is C15H25NO4. The zero-order chi connectivity index (χ0) is 15.7. The fourth-order valence-corrected chi connectivity index (χ4v) is 2.17. The van der Waals surface area contributed by atoms with Crippen LogP contribution in [0.25, 0.3) is 0 Å². The standard InChI is InChI=1S/C15H25NO4/c1-14(2,3)9-10(15(4,5)6)13(19)20-16-11(17)7-8-12(16)18/h10H,7-9H2,1-6H3. The number of hydrogen-bond donors (Lipinski definition) is 0. The summed E-state index contributed by atoms with van der Waals surface area (Å²) in [5, 5.41) is 0.629. The Hall–Kier alpha value is -1.39. The largest absolute Gasteiger partial charge is 0.336 e. The average molecular weight is 283 g/mol. The second kappa shape index (κ2) is 5.54. The van der Waals surface area contributed by atoms with E-state index in [9.17, 15) is 14.4 Å². The number of carbonyl (C=O) groups is 3. The first kappa shape index (κ1) is 16.7. The van der Waals surface area contributed by atoms with Gasteiger partial charge in [-0.25, -0.2) is 4.79 Å². The Balaban J connectivity index is 2.84. The van der Waals surface area contributed by atoms with Crippen molar-refractivity contribution in [3.8, 4) is 0 Å². The second-order valence-corrected chi connectivity index (χ2v) is 7.68. The summed E-state index contributed by atoms with van der Waals surface area (Å²) in [6, 6.07) is 0. The van der Waals surface area contributed by atoms with Gasteiger partial charge < -0.3 is 4.84 Å². The van der Waals surface area contributed by atoms with E-state index in [1.54, 1.807) is 0 Å². The van der Waals surface area contributed by atoms with E-state index in [2.05, 4.69) is 0 Å². The van der Waals surface area contributed by atoms with Gasteiger partial charge in [0.15, 0.2) is 0 Å². The second-order valence-electron chi connectivity index (χ2n) is 7.68. The molecule has 20 heavy (non-hydrogen) atoms. The van der Waals surface area contributed by atoms with Gasteiger partial charge in [-0.05, 0) is 17.3 Å². The van der Waals surface area contributed by atoms with E-state index in [1.165, 1.54) is 0 Å². The first-order valence-corrected chi connectivity index (χ1v) is 6.99. The smallest absolute Gasteiger partial charge is 0.330 e. The first-order valence-electron chi connectivity index (χ1n) is 6.99. The molecule has 114 valence electrons. The molecule has 1 saturated heterocycles. The molecule has 0 aromatic carbocycles. The number of carbonyl (C=O) groups excluding carboxylic acids is 3. The molecule has 5 nitrogen and oxygen atoms in total. The fourth-order valence-electron chi connectivity index (χ4n) is 2.17. The molecule has 0 bridgehead atoms. The summed E-state index contributed by atoms with van der Waals surface area (Å²) in [5.41, 5.74) is -0.341. The normalized spacial score (nSPS) is 18.4. The SMILES string of the molecule is CC(C)(C)CC(C(=O)ON1C(=O)CCC1=O)C(C)(C)C. The molecule has 2 amide bonds. The molecule has 1 aliphatic rings. The van der Waals surface area contributed by atoms with E-state index in [0.717, 1.165) is 0 Å². The van der Waals surface area contributed by atoms with Crippen molar-refractivity contribution in [2.75, 3.05) is 0 Å². The van der Waals surface area contributed by atoms with Crippen LogP contribution in [-0.4, -0.2) is 22.8 Å². The predicted molar refractivity (Wildman–Crippen MR) is 74.2 cm³/mol. The number of rotatable bonds is 3. The molecule has 0 aromatic rings. The van der Waals surface area contributed by atoms with Crippen molar-refractivity contribution < 1.29 is 19.2 Å². The van der Waals surface area contributed by atoms with Crippen LogP contribution in [0.3, 0.4) is 0 Å². The lowest BCUT2D eigenvalue weighted by molar-refractivity contribution is -0.203. The molecule has 0 saturated carbocycles. The van der Waals surface area contributed by atoms with Gasteiger partial charge in [0.1, 0.15) is 0 Å². The van der Waals surface area contributed by atoms with Crippen molar-refractivity contribution in [1.29, 1.82) is 0 Å². The fraction of sp³-hybridized carbons (Fsp3) is 0.800. The van der Waals surface area contributed by atoms with Crippen molar-refractivity contribution in [3.63, 3.8) is 0 Å². The van der Waals surface area contributed by atoms with E-state index < -0.39 is 17.8 Å². The summed E-state index contributed by atoms with van der Waals surface area (Å²) in [6.45, 7) is 12.0. The number of amides is 2. The van der Waals surface area contributed by atoms with Gasteiger partial charge in [0.05, 0.1) is 5.92 Å². The van der Waals surface area contributed by atoms with Gasteiger partial charge >= 0.3 is 5.97 Å². The topological polar surface area (TPSA) is 63.7 Å². The highest BCUT2D eigenvalue weighted by molar-refractivity contribution is 6.01. The van der Waals surface area contributed by atoms with E-state index >= 15 is 0 Å². The molecule has 1 rings (SSSR count). The zero-order valence-corrected chi connectivity index (χ0v) is 13.3. The van der Waals surface area contributed by atoms with Crippen molar-refractivity contribution in [3.05, 3.63) is 0 Å². The third kappa shape index (κ3) is 4.32.